The summed E-state index contributed by atoms with van der Waals surface area (Å²) in [4.78, 5) is 12.5. The molecule has 1 saturated carbocycles. The van der Waals surface area contributed by atoms with Crippen molar-refractivity contribution in [2.24, 2.45) is 5.41 Å². The molecule has 4 rings (SSSR count). The fourth-order valence-electron chi connectivity index (χ4n) is 3.68. The lowest BCUT2D eigenvalue weighted by Crippen LogP contribution is -2.50. The Bertz CT molecular complexity index is 832. The molecule has 1 fully saturated rings. The van der Waals surface area contributed by atoms with E-state index in [1.807, 2.05) is 56.3 Å². The molecule has 0 aromatic heterocycles. The summed E-state index contributed by atoms with van der Waals surface area (Å²) in [7, 11) is 0. The predicted molar refractivity (Wildman–Crippen MR) is 85.5 cm³/mol. The minimum Gasteiger partial charge on any atom is -0.457 e. The molecule has 1 aliphatic carbocycles. The number of ether oxygens (including phenoxy) is 1. The maximum Gasteiger partial charge on any atom is 0.238 e. The summed E-state index contributed by atoms with van der Waals surface area (Å²) in [5.74, 6) is -0.901. The molecule has 1 N–H and O–H groups in total. The first-order valence-corrected chi connectivity index (χ1v) is 7.57. The van der Waals surface area contributed by atoms with Crippen LogP contribution in [0.15, 0.2) is 42.0 Å². The van der Waals surface area contributed by atoms with Crippen molar-refractivity contribution in [2.75, 3.05) is 0 Å². The third kappa shape index (κ3) is 1.89. The van der Waals surface area contributed by atoms with E-state index in [0.29, 0.717) is 24.2 Å². The number of rotatable bonds is 0. The number of benzene rings is 2. The quantitative estimate of drug-likeness (QED) is 0.806. The summed E-state index contributed by atoms with van der Waals surface area (Å²) in [6, 6.07) is 11.8. The van der Waals surface area contributed by atoms with Gasteiger partial charge in [-0.25, -0.2) is 0 Å². The molecule has 0 amide bonds. The second kappa shape index (κ2) is 4.20. The monoisotopic (exact) mass is 294 g/mol. The van der Waals surface area contributed by atoms with Crippen LogP contribution in [0.5, 0.6) is 5.75 Å². The normalized spacial score (nSPS) is 26.0. The Kier molecular flexibility index (Phi) is 2.58. The summed E-state index contributed by atoms with van der Waals surface area (Å²) < 4.78 is 5.90. The minimum atomic E-state index is -1.51. The van der Waals surface area contributed by atoms with Crippen LogP contribution >= 0.6 is 0 Å². The molecule has 112 valence electrons. The lowest BCUT2D eigenvalue weighted by Gasteiger charge is -2.44. The number of carbonyl (C=O) groups is 1. The van der Waals surface area contributed by atoms with E-state index in [4.69, 9.17) is 4.74 Å². The van der Waals surface area contributed by atoms with E-state index in [-0.39, 0.29) is 11.2 Å². The third-order valence-electron chi connectivity index (χ3n) is 4.58. The zero-order valence-corrected chi connectivity index (χ0v) is 12.7. The first-order valence-electron chi connectivity index (χ1n) is 7.57. The standard InChI is InChI=1S/C19H18O3/c1-18(2)10-16(20)15-9-14-13-6-4-3-5-12(13)7-8-17(14)22-19(15,21)11-18/h3-9,21H,10-11H2,1-2H3/t19-/m1/s1. The van der Waals surface area contributed by atoms with Crippen molar-refractivity contribution in [3.05, 3.63) is 47.5 Å². The molecule has 0 bridgehead atoms. The van der Waals surface area contributed by atoms with Gasteiger partial charge in [0, 0.05) is 18.4 Å². The van der Waals surface area contributed by atoms with Crippen LogP contribution in [0.1, 0.15) is 32.3 Å². The number of Topliss-reactive ketones (excluding diaryl/α,β-unsaturated/α-hetero) is 1. The molecule has 2 aliphatic rings. The van der Waals surface area contributed by atoms with Crippen molar-refractivity contribution in [2.45, 2.75) is 32.5 Å². The second-order valence-corrected chi connectivity index (χ2v) is 7.08. The maximum absolute atomic E-state index is 12.5. The molecule has 3 nitrogen and oxygen atoms in total. The van der Waals surface area contributed by atoms with Gasteiger partial charge in [-0.2, -0.15) is 0 Å². The van der Waals surface area contributed by atoms with Crippen LogP contribution in [-0.4, -0.2) is 16.7 Å². The Hall–Kier alpha value is -2.13. The fourth-order valence-corrected chi connectivity index (χ4v) is 3.68. The second-order valence-electron chi connectivity index (χ2n) is 7.08. The smallest absolute Gasteiger partial charge is 0.238 e. The lowest BCUT2D eigenvalue weighted by atomic mass is 9.70. The Balaban J connectivity index is 1.95. The van der Waals surface area contributed by atoms with Gasteiger partial charge >= 0.3 is 0 Å². The zero-order valence-electron chi connectivity index (χ0n) is 12.7. The van der Waals surface area contributed by atoms with Gasteiger partial charge in [0.25, 0.3) is 0 Å². The van der Waals surface area contributed by atoms with Crippen molar-refractivity contribution < 1.29 is 14.6 Å². The van der Waals surface area contributed by atoms with E-state index >= 15 is 0 Å². The van der Waals surface area contributed by atoms with Gasteiger partial charge in [-0.3, -0.25) is 4.79 Å². The van der Waals surface area contributed by atoms with E-state index in [1.165, 1.54) is 0 Å². The average molecular weight is 294 g/mol. The number of fused-ring (bicyclic) bond motifs is 4. The first kappa shape index (κ1) is 13.5. The van der Waals surface area contributed by atoms with Gasteiger partial charge in [-0.1, -0.05) is 44.2 Å². The molecular formula is C19H18O3. The van der Waals surface area contributed by atoms with Crippen LogP contribution in [-0.2, 0) is 4.79 Å². The number of carbonyl (C=O) groups excluding carboxylic acids is 1. The van der Waals surface area contributed by atoms with Gasteiger partial charge in [0.05, 0.1) is 5.57 Å². The Morgan fingerprint density at radius 1 is 1.14 bits per heavy atom. The van der Waals surface area contributed by atoms with E-state index in [2.05, 4.69) is 0 Å². The largest absolute Gasteiger partial charge is 0.457 e. The molecular weight excluding hydrogens is 276 g/mol. The number of ketones is 1. The van der Waals surface area contributed by atoms with E-state index < -0.39 is 5.79 Å². The first-order chi connectivity index (χ1) is 10.4. The number of hydrogen-bond acceptors (Lipinski definition) is 3. The summed E-state index contributed by atoms with van der Waals surface area (Å²) in [6.45, 7) is 3.97. The zero-order chi connectivity index (χ0) is 15.5. The van der Waals surface area contributed by atoms with Gasteiger partial charge in [0.15, 0.2) is 5.78 Å². The van der Waals surface area contributed by atoms with Crippen molar-refractivity contribution in [3.8, 4) is 5.75 Å². The molecule has 1 atom stereocenters. The summed E-state index contributed by atoms with van der Waals surface area (Å²) in [6.07, 6.45) is 2.67. The molecule has 0 radical (unpaired) electrons. The van der Waals surface area contributed by atoms with Crippen LogP contribution < -0.4 is 4.74 Å². The highest BCUT2D eigenvalue weighted by Crippen LogP contribution is 2.48. The topological polar surface area (TPSA) is 46.5 Å². The lowest BCUT2D eigenvalue weighted by molar-refractivity contribution is -0.157. The van der Waals surface area contributed by atoms with Crippen LogP contribution in [0, 0.1) is 5.41 Å². The number of aliphatic hydroxyl groups is 1. The number of hydrogen-bond donors (Lipinski definition) is 1. The SMILES string of the molecule is CC1(C)CC(=O)C2=Cc3c(ccc4ccccc34)O[C@]2(O)C1. The van der Waals surface area contributed by atoms with Gasteiger partial charge in [-0.05, 0) is 28.3 Å². The van der Waals surface area contributed by atoms with E-state index in [1.54, 1.807) is 0 Å². The van der Waals surface area contributed by atoms with Gasteiger partial charge in [0.2, 0.25) is 5.79 Å². The van der Waals surface area contributed by atoms with Crippen LogP contribution in [0.4, 0.5) is 0 Å². The molecule has 2 aromatic carbocycles. The predicted octanol–water partition coefficient (Wildman–Crippen LogP) is 3.69. The summed E-state index contributed by atoms with van der Waals surface area (Å²) in [5, 5.41) is 13.0. The van der Waals surface area contributed by atoms with Crippen LogP contribution in [0.25, 0.3) is 16.8 Å². The molecule has 2 aromatic rings. The molecule has 0 unspecified atom stereocenters. The average Bonchev–Trinajstić information content (AvgIpc) is 2.43. The third-order valence-corrected chi connectivity index (χ3v) is 4.58. The Labute approximate surface area is 129 Å². The molecule has 3 heteroatoms. The molecule has 1 heterocycles. The molecule has 22 heavy (non-hydrogen) atoms. The van der Waals surface area contributed by atoms with Crippen molar-refractivity contribution >= 4 is 22.6 Å². The van der Waals surface area contributed by atoms with E-state index in [0.717, 1.165) is 16.3 Å². The Morgan fingerprint density at radius 3 is 2.73 bits per heavy atom. The highest BCUT2D eigenvalue weighted by atomic mass is 16.6. The molecule has 0 spiro atoms. The molecule has 0 saturated heterocycles. The van der Waals surface area contributed by atoms with Crippen LogP contribution in [0.2, 0.25) is 0 Å². The van der Waals surface area contributed by atoms with Gasteiger partial charge in [-0.15, -0.1) is 0 Å². The van der Waals surface area contributed by atoms with Crippen molar-refractivity contribution in [1.82, 2.24) is 0 Å². The Morgan fingerprint density at radius 2 is 1.91 bits per heavy atom. The van der Waals surface area contributed by atoms with E-state index in [9.17, 15) is 9.90 Å². The summed E-state index contributed by atoms with van der Waals surface area (Å²) in [5.41, 5.74) is 0.999. The van der Waals surface area contributed by atoms with Gasteiger partial charge in [0.1, 0.15) is 5.75 Å². The van der Waals surface area contributed by atoms with Crippen molar-refractivity contribution in [3.63, 3.8) is 0 Å². The highest BCUT2D eigenvalue weighted by molar-refractivity contribution is 6.06. The minimum absolute atomic E-state index is 0.0302. The highest BCUT2D eigenvalue weighted by Gasteiger charge is 2.50. The van der Waals surface area contributed by atoms with Crippen LogP contribution in [0.3, 0.4) is 0 Å². The fraction of sp³-hybridized carbons (Fsp3) is 0.316. The maximum atomic E-state index is 12.5. The van der Waals surface area contributed by atoms with Gasteiger partial charge < -0.3 is 9.84 Å². The molecule has 1 aliphatic heterocycles. The van der Waals surface area contributed by atoms with Crippen molar-refractivity contribution in [1.29, 1.82) is 0 Å². The summed E-state index contributed by atoms with van der Waals surface area (Å²) >= 11 is 0.